The molecule has 2 amide bonds. The Balaban J connectivity index is 1.35. The summed E-state index contributed by atoms with van der Waals surface area (Å²) in [6.45, 7) is 5.98. The molecule has 1 fully saturated rings. The zero-order chi connectivity index (χ0) is 25.1. The number of likely N-dealkylation sites (tertiary alicyclic amines) is 1. The molecule has 1 aliphatic heterocycles. The van der Waals surface area contributed by atoms with Gasteiger partial charge in [-0.3, -0.25) is 4.79 Å². The number of H-pyrrole nitrogens is 1. The van der Waals surface area contributed by atoms with Crippen molar-refractivity contribution < 1.29 is 9.53 Å². The molecule has 2 aromatic heterocycles. The van der Waals surface area contributed by atoms with Gasteiger partial charge >= 0.3 is 6.03 Å². The van der Waals surface area contributed by atoms with Crippen molar-refractivity contribution in [2.75, 3.05) is 25.0 Å². The molecule has 36 heavy (non-hydrogen) atoms. The molecule has 4 aromatic rings. The van der Waals surface area contributed by atoms with Gasteiger partial charge in [0.15, 0.2) is 11.2 Å². The fourth-order valence-electron chi connectivity index (χ4n) is 4.48. The second-order valence-corrected chi connectivity index (χ2v) is 9.00. The predicted molar refractivity (Wildman–Crippen MR) is 136 cm³/mol. The minimum absolute atomic E-state index is 0.105. The van der Waals surface area contributed by atoms with Crippen LogP contribution in [0.3, 0.4) is 0 Å². The number of amides is 2. The van der Waals surface area contributed by atoms with Crippen LogP contribution in [0.5, 0.6) is 5.75 Å². The molecule has 0 spiro atoms. The largest absolute Gasteiger partial charge is 0.492 e. The molecule has 0 bridgehead atoms. The van der Waals surface area contributed by atoms with E-state index in [1.54, 1.807) is 9.58 Å². The zero-order valence-electron chi connectivity index (χ0n) is 20.4. The molecule has 1 unspecified atom stereocenters. The van der Waals surface area contributed by atoms with E-state index < -0.39 is 0 Å². The van der Waals surface area contributed by atoms with E-state index >= 15 is 0 Å². The maximum Gasteiger partial charge on any atom is 0.321 e. The highest BCUT2D eigenvalue weighted by atomic mass is 16.5. The first-order chi connectivity index (χ1) is 17.5. The van der Waals surface area contributed by atoms with E-state index in [1.165, 1.54) is 5.56 Å². The predicted octanol–water partition coefficient (Wildman–Crippen LogP) is 3.68. The van der Waals surface area contributed by atoms with Gasteiger partial charge in [0.2, 0.25) is 0 Å². The first-order valence-corrected chi connectivity index (χ1v) is 12.2. The average Bonchev–Trinajstić information content (AvgIpc) is 3.30. The lowest BCUT2D eigenvalue weighted by atomic mass is 9.97. The molecular formula is C26H29N7O3. The van der Waals surface area contributed by atoms with E-state index in [1.807, 2.05) is 62.4 Å². The molecule has 2 aromatic carbocycles. The van der Waals surface area contributed by atoms with Crippen LogP contribution in [0.1, 0.15) is 42.6 Å². The van der Waals surface area contributed by atoms with Gasteiger partial charge in [-0.2, -0.15) is 0 Å². The van der Waals surface area contributed by atoms with E-state index in [4.69, 9.17) is 9.72 Å². The lowest BCUT2D eigenvalue weighted by Gasteiger charge is -2.32. The number of para-hydroxylation sites is 2. The number of aryl methyl sites for hydroxylation is 1. The van der Waals surface area contributed by atoms with Crippen molar-refractivity contribution >= 4 is 22.9 Å². The minimum Gasteiger partial charge on any atom is -0.492 e. The number of aromatic amines is 1. The van der Waals surface area contributed by atoms with Crippen molar-refractivity contribution in [3.8, 4) is 5.75 Å². The third-order valence-corrected chi connectivity index (χ3v) is 6.37. The smallest absolute Gasteiger partial charge is 0.321 e. The Bertz CT molecular complexity index is 1430. The Morgan fingerprint density at radius 1 is 1.19 bits per heavy atom. The van der Waals surface area contributed by atoms with Crippen molar-refractivity contribution in [2.45, 2.75) is 39.2 Å². The number of hydrogen-bond donors (Lipinski definition) is 2. The van der Waals surface area contributed by atoms with Crippen molar-refractivity contribution in [2.24, 2.45) is 0 Å². The summed E-state index contributed by atoms with van der Waals surface area (Å²) >= 11 is 0. The van der Waals surface area contributed by atoms with E-state index in [2.05, 4.69) is 20.6 Å². The Morgan fingerprint density at radius 2 is 2.00 bits per heavy atom. The van der Waals surface area contributed by atoms with Gasteiger partial charge in [0, 0.05) is 19.0 Å². The van der Waals surface area contributed by atoms with Crippen molar-refractivity contribution in [3.63, 3.8) is 0 Å². The summed E-state index contributed by atoms with van der Waals surface area (Å²) in [6, 6.07) is 15.3. The molecule has 186 valence electrons. The Labute approximate surface area is 208 Å². The fraction of sp³-hybridized carbons (Fsp3) is 0.346. The highest BCUT2D eigenvalue weighted by Gasteiger charge is 2.28. The highest BCUT2D eigenvalue weighted by Crippen LogP contribution is 2.27. The second-order valence-electron chi connectivity index (χ2n) is 9.00. The normalized spacial score (nSPS) is 15.7. The molecule has 0 aliphatic carbocycles. The molecular weight excluding hydrogens is 458 g/mol. The van der Waals surface area contributed by atoms with E-state index in [9.17, 15) is 9.59 Å². The van der Waals surface area contributed by atoms with Gasteiger partial charge in [-0.05, 0) is 44.4 Å². The number of anilines is 1. The monoisotopic (exact) mass is 487 g/mol. The number of piperidine rings is 1. The van der Waals surface area contributed by atoms with Gasteiger partial charge in [0.05, 0.1) is 18.8 Å². The van der Waals surface area contributed by atoms with Crippen LogP contribution in [0, 0.1) is 6.92 Å². The summed E-state index contributed by atoms with van der Waals surface area (Å²) in [6.07, 6.45) is 1.61. The summed E-state index contributed by atoms with van der Waals surface area (Å²) < 4.78 is 7.27. The summed E-state index contributed by atoms with van der Waals surface area (Å²) in [7, 11) is 0. The maximum atomic E-state index is 13.1. The number of rotatable bonds is 6. The quantitative estimate of drug-likeness (QED) is 0.428. The Kier molecular flexibility index (Phi) is 6.66. The molecule has 2 N–H and O–H groups in total. The van der Waals surface area contributed by atoms with Gasteiger partial charge in [-0.15, -0.1) is 5.10 Å². The molecule has 0 saturated carbocycles. The molecule has 1 aliphatic rings. The molecule has 0 radical (unpaired) electrons. The van der Waals surface area contributed by atoms with Crippen LogP contribution in [0.25, 0.3) is 11.2 Å². The van der Waals surface area contributed by atoms with Crippen LogP contribution in [0.2, 0.25) is 0 Å². The fourth-order valence-corrected chi connectivity index (χ4v) is 4.48. The summed E-state index contributed by atoms with van der Waals surface area (Å²) in [5, 5.41) is 11.2. The molecule has 5 rings (SSSR count). The van der Waals surface area contributed by atoms with Gasteiger partial charge < -0.3 is 19.9 Å². The van der Waals surface area contributed by atoms with Crippen LogP contribution in [-0.4, -0.2) is 55.6 Å². The lowest BCUT2D eigenvalue weighted by molar-refractivity contribution is 0.191. The number of hydrogen-bond acceptors (Lipinski definition) is 6. The number of benzene rings is 2. The van der Waals surface area contributed by atoms with Crippen molar-refractivity contribution in [1.29, 1.82) is 0 Å². The molecule has 3 heterocycles. The number of aromatic nitrogens is 5. The first-order valence-electron chi connectivity index (χ1n) is 12.2. The SMILES string of the molecule is CCOc1ccccc1NC(=O)N1CCCC(c2nc3c(nnn3Cc3ccc(C)cc3)c(=O)[nH]2)C1. The summed E-state index contributed by atoms with van der Waals surface area (Å²) in [5.74, 6) is 1.08. The van der Waals surface area contributed by atoms with Gasteiger partial charge in [0.1, 0.15) is 11.6 Å². The van der Waals surface area contributed by atoms with E-state index in [-0.39, 0.29) is 23.0 Å². The van der Waals surface area contributed by atoms with Crippen molar-refractivity contribution in [1.82, 2.24) is 29.9 Å². The van der Waals surface area contributed by atoms with Crippen LogP contribution < -0.4 is 15.6 Å². The zero-order valence-corrected chi connectivity index (χ0v) is 20.4. The number of urea groups is 1. The van der Waals surface area contributed by atoms with Gasteiger partial charge in [0.25, 0.3) is 5.56 Å². The third kappa shape index (κ3) is 4.93. The molecule has 10 nitrogen and oxygen atoms in total. The third-order valence-electron chi connectivity index (χ3n) is 6.37. The number of carbonyl (C=O) groups excluding carboxylic acids is 1. The lowest BCUT2D eigenvalue weighted by Crippen LogP contribution is -2.42. The van der Waals surface area contributed by atoms with Crippen LogP contribution >= 0.6 is 0 Å². The van der Waals surface area contributed by atoms with Gasteiger partial charge in [-0.1, -0.05) is 47.2 Å². The van der Waals surface area contributed by atoms with E-state index in [0.717, 1.165) is 18.4 Å². The topological polar surface area (TPSA) is 118 Å². The number of ether oxygens (including phenoxy) is 1. The number of carbonyl (C=O) groups is 1. The second kappa shape index (κ2) is 10.2. The standard InChI is InChI=1S/C26H29N7O3/c1-3-36-21-9-5-4-8-20(21)27-26(35)32-14-6-7-19(16-32)23-28-24-22(25(34)29-23)30-31-33(24)15-18-12-10-17(2)11-13-18/h4-5,8-13,19H,3,6-7,14-16H2,1-2H3,(H,27,35)(H,28,29,34). The van der Waals surface area contributed by atoms with Crippen LogP contribution in [0.4, 0.5) is 10.5 Å². The van der Waals surface area contributed by atoms with E-state index in [0.29, 0.717) is 49.1 Å². The molecule has 1 saturated heterocycles. The first kappa shape index (κ1) is 23.5. The number of fused-ring (bicyclic) bond motifs is 1. The molecule has 1 atom stereocenters. The van der Waals surface area contributed by atoms with Gasteiger partial charge in [-0.25, -0.2) is 14.5 Å². The number of nitrogens with one attached hydrogen (secondary N) is 2. The Morgan fingerprint density at radius 3 is 2.81 bits per heavy atom. The average molecular weight is 488 g/mol. The van der Waals surface area contributed by atoms with Crippen molar-refractivity contribution in [3.05, 3.63) is 75.8 Å². The van der Waals surface area contributed by atoms with Crippen LogP contribution in [0.15, 0.2) is 53.3 Å². The maximum absolute atomic E-state index is 13.1. The Hall–Kier alpha value is -4.21. The number of nitrogens with zero attached hydrogens (tertiary/aromatic N) is 5. The minimum atomic E-state index is -0.322. The van der Waals surface area contributed by atoms with Crippen LogP contribution in [-0.2, 0) is 6.54 Å². The summed E-state index contributed by atoms with van der Waals surface area (Å²) in [4.78, 5) is 35.2. The summed E-state index contributed by atoms with van der Waals surface area (Å²) in [5.41, 5.74) is 3.18. The highest BCUT2D eigenvalue weighted by molar-refractivity contribution is 5.91. The molecule has 10 heteroatoms.